The van der Waals surface area contributed by atoms with Crippen molar-refractivity contribution in [3.63, 3.8) is 0 Å². The van der Waals surface area contributed by atoms with Crippen LogP contribution in [0.25, 0.3) is 0 Å². The largest absolute Gasteiger partial charge is 0.256 e. The summed E-state index contributed by atoms with van der Waals surface area (Å²) in [5, 5.41) is 1.47. The molecule has 1 saturated heterocycles. The van der Waals surface area contributed by atoms with Gasteiger partial charge in [0.15, 0.2) is 9.84 Å². The smallest absolute Gasteiger partial charge is 0.234 e. The van der Waals surface area contributed by atoms with E-state index in [0.717, 1.165) is 11.1 Å². The standard InChI is InChI=1S/C15H24N2O4S2/c1-11-8-13(3)15(9-12(11)2)23(20,21)17(16(4)5)14-6-7-22(18,19)10-14/h8-9,14H,6-7,10H2,1-5H3/t14-/m1/s1. The van der Waals surface area contributed by atoms with Crippen LogP contribution in [0.4, 0.5) is 0 Å². The Bertz CT molecular complexity index is 814. The Morgan fingerprint density at radius 1 is 1.04 bits per heavy atom. The minimum Gasteiger partial charge on any atom is -0.234 e. The molecule has 8 heteroatoms. The monoisotopic (exact) mass is 360 g/mol. The van der Waals surface area contributed by atoms with E-state index in [4.69, 9.17) is 0 Å². The lowest BCUT2D eigenvalue weighted by Crippen LogP contribution is -2.49. The normalized spacial score (nSPS) is 21.3. The van der Waals surface area contributed by atoms with Crippen molar-refractivity contribution in [3.05, 3.63) is 28.8 Å². The molecule has 1 aliphatic heterocycles. The molecule has 0 saturated carbocycles. The molecule has 0 aromatic heterocycles. The first-order chi connectivity index (χ1) is 10.5. The van der Waals surface area contributed by atoms with Crippen LogP contribution in [0, 0.1) is 20.8 Å². The number of sulfonamides is 1. The zero-order valence-corrected chi connectivity index (χ0v) is 15.8. The van der Waals surface area contributed by atoms with E-state index < -0.39 is 25.9 Å². The van der Waals surface area contributed by atoms with Gasteiger partial charge in [0, 0.05) is 14.1 Å². The number of hydrogen-bond acceptors (Lipinski definition) is 5. The van der Waals surface area contributed by atoms with Gasteiger partial charge in [-0.3, -0.25) is 0 Å². The van der Waals surface area contributed by atoms with Gasteiger partial charge >= 0.3 is 0 Å². The maximum Gasteiger partial charge on any atom is 0.256 e. The summed E-state index contributed by atoms with van der Waals surface area (Å²) in [6.45, 7) is 5.57. The van der Waals surface area contributed by atoms with Crippen molar-refractivity contribution in [3.8, 4) is 0 Å². The van der Waals surface area contributed by atoms with Gasteiger partial charge in [-0.25, -0.2) is 21.8 Å². The zero-order valence-electron chi connectivity index (χ0n) is 14.2. The quantitative estimate of drug-likeness (QED) is 0.756. The molecule has 1 heterocycles. The third-order valence-electron chi connectivity index (χ3n) is 4.23. The molecule has 0 unspecified atom stereocenters. The average Bonchev–Trinajstić information content (AvgIpc) is 2.72. The highest BCUT2D eigenvalue weighted by molar-refractivity contribution is 7.92. The molecule has 0 amide bonds. The highest BCUT2D eigenvalue weighted by Crippen LogP contribution is 2.28. The minimum absolute atomic E-state index is 0.0312. The number of sulfone groups is 1. The zero-order chi connectivity index (χ0) is 17.6. The van der Waals surface area contributed by atoms with Crippen LogP contribution in [-0.4, -0.2) is 57.9 Å². The van der Waals surface area contributed by atoms with E-state index in [9.17, 15) is 16.8 Å². The van der Waals surface area contributed by atoms with E-state index in [1.807, 2.05) is 19.9 Å². The molecule has 2 rings (SSSR count). The lowest BCUT2D eigenvalue weighted by atomic mass is 10.1. The number of hydrazine groups is 1. The van der Waals surface area contributed by atoms with Gasteiger partial charge in [-0.15, -0.1) is 4.41 Å². The maximum absolute atomic E-state index is 13.1. The second kappa shape index (κ2) is 6.16. The second-order valence-corrected chi connectivity index (χ2v) is 10.4. The number of benzene rings is 1. The Labute approximate surface area is 139 Å². The van der Waals surface area contributed by atoms with Crippen molar-refractivity contribution in [1.29, 1.82) is 0 Å². The van der Waals surface area contributed by atoms with Gasteiger partial charge in [0.25, 0.3) is 10.0 Å². The van der Waals surface area contributed by atoms with Crippen LogP contribution in [0.2, 0.25) is 0 Å². The number of rotatable bonds is 4. The van der Waals surface area contributed by atoms with Crippen LogP contribution in [0.3, 0.4) is 0 Å². The van der Waals surface area contributed by atoms with Gasteiger partial charge in [0.2, 0.25) is 0 Å². The van der Waals surface area contributed by atoms with Crippen molar-refractivity contribution < 1.29 is 16.8 Å². The fraction of sp³-hybridized carbons (Fsp3) is 0.600. The molecule has 1 atom stereocenters. The molecule has 130 valence electrons. The molecule has 23 heavy (non-hydrogen) atoms. The van der Waals surface area contributed by atoms with Crippen LogP contribution in [0.5, 0.6) is 0 Å². The second-order valence-electron chi connectivity index (χ2n) is 6.38. The van der Waals surface area contributed by atoms with E-state index in [1.54, 1.807) is 27.1 Å². The predicted octanol–water partition coefficient (Wildman–Crippen LogP) is 1.27. The summed E-state index contributed by atoms with van der Waals surface area (Å²) >= 11 is 0. The summed E-state index contributed by atoms with van der Waals surface area (Å²) in [6, 6.07) is 2.96. The topological polar surface area (TPSA) is 74.8 Å². The first kappa shape index (κ1) is 18.4. The highest BCUT2D eigenvalue weighted by atomic mass is 32.2. The van der Waals surface area contributed by atoms with E-state index in [2.05, 4.69) is 0 Å². The van der Waals surface area contributed by atoms with Crippen LogP contribution in [-0.2, 0) is 19.9 Å². The predicted molar refractivity (Wildman–Crippen MR) is 90.4 cm³/mol. The van der Waals surface area contributed by atoms with Crippen LogP contribution >= 0.6 is 0 Å². The number of nitrogens with zero attached hydrogens (tertiary/aromatic N) is 2. The third kappa shape index (κ3) is 3.60. The SMILES string of the molecule is Cc1cc(C)c(S(=O)(=O)N([C@@H]2CCS(=O)(=O)C2)N(C)C)cc1C. The Morgan fingerprint density at radius 3 is 2.09 bits per heavy atom. The first-order valence-corrected chi connectivity index (χ1v) is 10.7. The number of aryl methyl sites for hydroxylation is 3. The highest BCUT2D eigenvalue weighted by Gasteiger charge is 2.40. The fourth-order valence-electron chi connectivity index (χ4n) is 3.00. The van der Waals surface area contributed by atoms with Gasteiger partial charge in [-0.05, 0) is 49.9 Å². The Hall–Kier alpha value is -0.960. The molecule has 1 aromatic carbocycles. The van der Waals surface area contributed by atoms with Crippen molar-refractivity contribution in [1.82, 2.24) is 9.42 Å². The Balaban J connectivity index is 2.53. The van der Waals surface area contributed by atoms with Gasteiger partial charge in [-0.2, -0.15) is 0 Å². The first-order valence-electron chi connectivity index (χ1n) is 7.45. The minimum atomic E-state index is -3.81. The van der Waals surface area contributed by atoms with Crippen molar-refractivity contribution in [2.45, 2.75) is 38.1 Å². The molecule has 0 spiro atoms. The molecular formula is C15H24N2O4S2. The molecular weight excluding hydrogens is 336 g/mol. The molecule has 0 N–H and O–H groups in total. The van der Waals surface area contributed by atoms with E-state index in [1.165, 1.54) is 9.42 Å². The molecule has 0 radical (unpaired) electrons. The van der Waals surface area contributed by atoms with Crippen LogP contribution in [0.15, 0.2) is 17.0 Å². The van der Waals surface area contributed by atoms with Crippen molar-refractivity contribution in [2.75, 3.05) is 25.6 Å². The van der Waals surface area contributed by atoms with E-state index in [-0.39, 0.29) is 16.4 Å². The van der Waals surface area contributed by atoms with Gasteiger partial charge in [0.05, 0.1) is 22.4 Å². The summed E-state index contributed by atoms with van der Waals surface area (Å²) in [5.74, 6) is -0.0995. The van der Waals surface area contributed by atoms with Crippen LogP contribution < -0.4 is 0 Å². The molecule has 1 aromatic rings. The summed E-state index contributed by atoms with van der Waals surface area (Å²) in [5.41, 5.74) is 2.59. The third-order valence-corrected chi connectivity index (χ3v) is 8.09. The molecule has 1 fully saturated rings. The Morgan fingerprint density at radius 2 is 1.61 bits per heavy atom. The summed E-state index contributed by atoms with van der Waals surface area (Å²) < 4.78 is 51.0. The summed E-state index contributed by atoms with van der Waals surface area (Å²) in [4.78, 5) is 0.235. The molecule has 0 bridgehead atoms. The number of hydrogen-bond donors (Lipinski definition) is 0. The average molecular weight is 361 g/mol. The molecule has 1 aliphatic rings. The lowest BCUT2D eigenvalue weighted by Gasteiger charge is -2.33. The summed E-state index contributed by atoms with van der Waals surface area (Å²) in [7, 11) is -3.74. The van der Waals surface area contributed by atoms with E-state index in [0.29, 0.717) is 12.0 Å². The molecule has 0 aliphatic carbocycles. The van der Waals surface area contributed by atoms with Gasteiger partial charge in [0.1, 0.15) is 0 Å². The summed E-state index contributed by atoms with van der Waals surface area (Å²) in [6.07, 6.45) is 0.323. The van der Waals surface area contributed by atoms with Crippen molar-refractivity contribution >= 4 is 19.9 Å². The van der Waals surface area contributed by atoms with E-state index >= 15 is 0 Å². The molecule has 6 nitrogen and oxygen atoms in total. The lowest BCUT2D eigenvalue weighted by molar-refractivity contribution is 0.0893. The van der Waals surface area contributed by atoms with Crippen molar-refractivity contribution in [2.24, 2.45) is 0 Å². The fourth-order valence-corrected chi connectivity index (χ4v) is 6.78. The maximum atomic E-state index is 13.1. The Kier molecular flexibility index (Phi) is 4.92. The van der Waals surface area contributed by atoms with Gasteiger partial charge in [-0.1, -0.05) is 6.07 Å². The van der Waals surface area contributed by atoms with Crippen LogP contribution in [0.1, 0.15) is 23.1 Å². The van der Waals surface area contributed by atoms with Gasteiger partial charge < -0.3 is 0 Å².